The summed E-state index contributed by atoms with van der Waals surface area (Å²) in [5.41, 5.74) is 3.53. The smallest absolute Gasteiger partial charge is 0.272 e. The van der Waals surface area contributed by atoms with Gasteiger partial charge in [-0.15, -0.1) is 0 Å². The zero-order valence-electron chi connectivity index (χ0n) is 13.6. The summed E-state index contributed by atoms with van der Waals surface area (Å²) in [4.78, 5) is 25.3. The highest BCUT2D eigenvalue weighted by atomic mass is 16.2. The minimum absolute atomic E-state index is 0.241. The Balaban J connectivity index is 1.52. The molecule has 1 amide bonds. The Labute approximate surface area is 140 Å². The number of H-pyrrole nitrogens is 1. The van der Waals surface area contributed by atoms with E-state index in [9.17, 15) is 9.59 Å². The number of nitrogens with zero attached hydrogens (tertiary/aromatic N) is 2. The minimum Gasteiger partial charge on any atom is -0.353 e. The molecule has 6 heteroatoms. The Morgan fingerprint density at radius 3 is 2.88 bits per heavy atom. The first kappa shape index (κ1) is 16.2. The third kappa shape index (κ3) is 4.44. The Morgan fingerprint density at radius 2 is 2.12 bits per heavy atom. The summed E-state index contributed by atoms with van der Waals surface area (Å²) in [5, 5.41) is 3.97. The van der Waals surface area contributed by atoms with Gasteiger partial charge in [0.2, 0.25) is 5.56 Å². The first-order valence-corrected chi connectivity index (χ1v) is 8.38. The summed E-state index contributed by atoms with van der Waals surface area (Å²) < 4.78 is 2.20. The molecular formula is C18H22N4O2. The van der Waals surface area contributed by atoms with Crippen molar-refractivity contribution in [3.05, 3.63) is 58.3 Å². The predicted octanol–water partition coefficient (Wildman–Crippen LogP) is 2.52. The lowest BCUT2D eigenvalue weighted by atomic mass is 9.89. The van der Waals surface area contributed by atoms with E-state index in [4.69, 9.17) is 0 Å². The fourth-order valence-corrected chi connectivity index (χ4v) is 3.10. The largest absolute Gasteiger partial charge is 0.353 e. The number of aromatic amines is 1. The number of aromatic nitrogens is 2. The molecule has 0 atom stereocenters. The van der Waals surface area contributed by atoms with Crippen LogP contribution in [0.15, 0.2) is 46.7 Å². The van der Waals surface area contributed by atoms with Crippen LogP contribution in [0.5, 0.6) is 0 Å². The summed E-state index contributed by atoms with van der Waals surface area (Å²) in [7, 11) is 0. The molecule has 2 heterocycles. The Hall–Kier alpha value is -2.63. The zero-order valence-corrected chi connectivity index (χ0v) is 13.6. The van der Waals surface area contributed by atoms with Gasteiger partial charge >= 0.3 is 0 Å². The first-order valence-electron chi connectivity index (χ1n) is 8.38. The van der Waals surface area contributed by atoms with Crippen LogP contribution in [0.2, 0.25) is 0 Å². The van der Waals surface area contributed by atoms with Crippen molar-refractivity contribution in [3.63, 3.8) is 0 Å². The molecule has 0 bridgehead atoms. The molecule has 2 aromatic rings. The second-order valence-corrected chi connectivity index (χ2v) is 6.29. The molecule has 0 saturated heterocycles. The third-order valence-corrected chi connectivity index (χ3v) is 4.39. The maximum absolute atomic E-state index is 11.9. The van der Waals surface area contributed by atoms with Crippen molar-refractivity contribution < 1.29 is 4.79 Å². The fourth-order valence-electron chi connectivity index (χ4n) is 3.10. The number of pyridine rings is 1. The number of rotatable bonds is 5. The van der Waals surface area contributed by atoms with Gasteiger partial charge in [-0.1, -0.05) is 19.3 Å². The van der Waals surface area contributed by atoms with Crippen LogP contribution >= 0.6 is 0 Å². The van der Waals surface area contributed by atoms with Crippen LogP contribution in [0, 0.1) is 5.92 Å². The standard InChI is InChI=1S/C18H22N4O2/c23-17-7-6-16(11-19-17)18(24)21-20-10-15-8-9-22(13-15)12-14-4-2-1-3-5-14/h6-11,13-14H,1-5,12H2,(H,19,23)(H,21,24)/b20-10+. The van der Waals surface area contributed by atoms with E-state index in [1.54, 1.807) is 6.21 Å². The van der Waals surface area contributed by atoms with Crippen molar-refractivity contribution in [2.24, 2.45) is 11.0 Å². The summed E-state index contributed by atoms with van der Waals surface area (Å²) in [5.74, 6) is 0.417. The van der Waals surface area contributed by atoms with Crippen molar-refractivity contribution in [1.29, 1.82) is 0 Å². The molecule has 1 fully saturated rings. The van der Waals surface area contributed by atoms with Gasteiger partial charge in [-0.05, 0) is 30.9 Å². The molecule has 1 saturated carbocycles. The van der Waals surface area contributed by atoms with Crippen LogP contribution in [0.4, 0.5) is 0 Å². The van der Waals surface area contributed by atoms with Gasteiger partial charge in [0.15, 0.2) is 0 Å². The highest BCUT2D eigenvalue weighted by Crippen LogP contribution is 2.25. The molecule has 24 heavy (non-hydrogen) atoms. The van der Waals surface area contributed by atoms with Gasteiger partial charge < -0.3 is 9.55 Å². The van der Waals surface area contributed by atoms with Crippen LogP contribution in [0.1, 0.15) is 48.0 Å². The van der Waals surface area contributed by atoms with E-state index >= 15 is 0 Å². The van der Waals surface area contributed by atoms with Crippen LogP contribution in [0.3, 0.4) is 0 Å². The van der Waals surface area contributed by atoms with Crippen molar-refractivity contribution in [2.45, 2.75) is 38.6 Å². The van der Waals surface area contributed by atoms with Crippen LogP contribution < -0.4 is 11.0 Å². The lowest BCUT2D eigenvalue weighted by molar-refractivity contribution is 0.0954. The van der Waals surface area contributed by atoms with E-state index in [2.05, 4.69) is 26.3 Å². The molecule has 0 spiro atoms. The fraction of sp³-hybridized carbons (Fsp3) is 0.389. The van der Waals surface area contributed by atoms with E-state index in [0.717, 1.165) is 18.0 Å². The number of nitrogens with one attached hydrogen (secondary N) is 2. The summed E-state index contributed by atoms with van der Waals surface area (Å²) >= 11 is 0. The number of hydrogen-bond acceptors (Lipinski definition) is 3. The van der Waals surface area contributed by atoms with E-state index in [1.807, 2.05) is 12.3 Å². The number of carbonyl (C=O) groups is 1. The highest BCUT2D eigenvalue weighted by molar-refractivity contribution is 5.94. The molecule has 0 radical (unpaired) electrons. The molecule has 0 unspecified atom stereocenters. The first-order chi connectivity index (χ1) is 11.7. The Bertz CT molecular complexity index is 749. The average Bonchev–Trinajstić information content (AvgIpc) is 3.03. The van der Waals surface area contributed by atoms with Gasteiger partial charge in [-0.25, -0.2) is 5.43 Å². The molecule has 0 aliphatic heterocycles. The average molecular weight is 326 g/mol. The Morgan fingerprint density at radius 1 is 1.29 bits per heavy atom. The molecule has 1 aliphatic carbocycles. The van der Waals surface area contributed by atoms with E-state index in [1.165, 1.54) is 50.4 Å². The van der Waals surface area contributed by atoms with Gasteiger partial charge in [0, 0.05) is 36.8 Å². The van der Waals surface area contributed by atoms with E-state index in [0.29, 0.717) is 5.56 Å². The molecule has 2 N–H and O–H groups in total. The number of carbonyl (C=O) groups excluding carboxylic acids is 1. The maximum atomic E-state index is 11.9. The summed E-state index contributed by atoms with van der Waals surface area (Å²) in [6.07, 6.45) is 13.8. The number of hydrogen-bond donors (Lipinski definition) is 2. The normalized spacial score (nSPS) is 15.7. The van der Waals surface area contributed by atoms with Crippen molar-refractivity contribution in [3.8, 4) is 0 Å². The molecule has 126 valence electrons. The second-order valence-electron chi connectivity index (χ2n) is 6.29. The quantitative estimate of drug-likeness (QED) is 0.654. The third-order valence-electron chi connectivity index (χ3n) is 4.39. The van der Waals surface area contributed by atoms with Crippen molar-refractivity contribution in [2.75, 3.05) is 0 Å². The topological polar surface area (TPSA) is 79.2 Å². The number of hydrazone groups is 1. The van der Waals surface area contributed by atoms with E-state index in [-0.39, 0.29) is 11.5 Å². The Kier molecular flexibility index (Phi) is 5.25. The van der Waals surface area contributed by atoms with Gasteiger partial charge in [0.05, 0.1) is 11.8 Å². The molecule has 1 aliphatic rings. The summed E-state index contributed by atoms with van der Waals surface area (Å²) in [6.45, 7) is 1.05. The number of amides is 1. The van der Waals surface area contributed by atoms with Gasteiger partial charge in [0.25, 0.3) is 5.91 Å². The van der Waals surface area contributed by atoms with Crippen molar-refractivity contribution >= 4 is 12.1 Å². The SMILES string of the molecule is O=C(N/N=C/c1ccn(CC2CCCCC2)c1)c1ccc(=O)[nH]c1. The molecular weight excluding hydrogens is 304 g/mol. The van der Waals surface area contributed by atoms with Gasteiger partial charge in [-0.2, -0.15) is 5.10 Å². The lowest BCUT2D eigenvalue weighted by Gasteiger charge is -2.21. The van der Waals surface area contributed by atoms with E-state index < -0.39 is 0 Å². The molecule has 0 aromatic carbocycles. The summed E-state index contributed by atoms with van der Waals surface area (Å²) in [6, 6.07) is 4.76. The van der Waals surface area contributed by atoms with Crippen LogP contribution in [-0.4, -0.2) is 21.7 Å². The van der Waals surface area contributed by atoms with Crippen molar-refractivity contribution in [1.82, 2.24) is 15.0 Å². The molecule has 6 nitrogen and oxygen atoms in total. The minimum atomic E-state index is -0.357. The van der Waals surface area contributed by atoms with Crippen LogP contribution in [-0.2, 0) is 6.54 Å². The van der Waals surface area contributed by atoms with Gasteiger partial charge in [-0.3, -0.25) is 9.59 Å². The molecule has 2 aromatic heterocycles. The predicted molar refractivity (Wildman–Crippen MR) is 93.1 cm³/mol. The zero-order chi connectivity index (χ0) is 16.8. The monoisotopic (exact) mass is 326 g/mol. The van der Waals surface area contributed by atoms with Crippen LogP contribution in [0.25, 0.3) is 0 Å². The highest BCUT2D eigenvalue weighted by Gasteiger charge is 2.13. The maximum Gasteiger partial charge on any atom is 0.272 e. The lowest BCUT2D eigenvalue weighted by Crippen LogP contribution is -2.19. The second kappa shape index (κ2) is 7.77. The van der Waals surface area contributed by atoms with Gasteiger partial charge in [0.1, 0.15) is 0 Å². The molecule has 3 rings (SSSR count).